The Labute approximate surface area is 150 Å². The fourth-order valence-corrected chi connectivity index (χ4v) is 2.10. The van der Waals surface area contributed by atoms with E-state index in [0.29, 0.717) is 0 Å². The van der Waals surface area contributed by atoms with E-state index in [1.165, 1.54) is 22.3 Å². The Hall–Kier alpha value is -1.56. The highest BCUT2D eigenvalue weighted by Gasteiger charge is 2.00. The van der Waals surface area contributed by atoms with Gasteiger partial charge in [0.05, 0.1) is 0 Å². The molecule has 0 spiro atoms. The molecule has 3 nitrogen and oxygen atoms in total. The number of aliphatic imine (C=N–C) groups is 1. The molecule has 0 amide bonds. The van der Waals surface area contributed by atoms with Crippen LogP contribution in [0.15, 0.2) is 53.5 Å². The molecule has 2 aromatic carbocycles. The summed E-state index contributed by atoms with van der Waals surface area (Å²) in [7, 11) is 1.79. The van der Waals surface area contributed by atoms with E-state index in [1.54, 1.807) is 7.05 Å². The van der Waals surface area contributed by atoms with Crippen LogP contribution < -0.4 is 10.6 Å². The summed E-state index contributed by atoms with van der Waals surface area (Å²) in [5.41, 5.74) is 5.11. The van der Waals surface area contributed by atoms with Crippen molar-refractivity contribution in [1.82, 2.24) is 10.6 Å². The van der Waals surface area contributed by atoms with E-state index in [4.69, 9.17) is 0 Å². The highest BCUT2D eigenvalue weighted by atomic mass is 127. The van der Waals surface area contributed by atoms with Crippen LogP contribution in [0, 0.1) is 13.8 Å². The van der Waals surface area contributed by atoms with Gasteiger partial charge in [-0.15, -0.1) is 24.0 Å². The molecule has 4 heteroatoms. The molecule has 2 aromatic rings. The molecule has 0 saturated carbocycles. The normalized spacial score (nSPS) is 10.8. The molecule has 0 saturated heterocycles. The smallest absolute Gasteiger partial charge is 0.191 e. The first-order chi connectivity index (χ1) is 10.2. The summed E-state index contributed by atoms with van der Waals surface area (Å²) in [4.78, 5) is 4.26. The maximum Gasteiger partial charge on any atom is 0.191 e. The lowest BCUT2D eigenvalue weighted by molar-refractivity contribution is 0.806. The molecule has 0 bridgehead atoms. The zero-order valence-corrected chi connectivity index (χ0v) is 15.7. The number of nitrogens with zero attached hydrogens (tertiary/aromatic N) is 1. The number of nitrogens with one attached hydrogen (secondary N) is 2. The van der Waals surface area contributed by atoms with Gasteiger partial charge in [0.1, 0.15) is 0 Å². The minimum atomic E-state index is 0. The number of hydrogen-bond acceptors (Lipinski definition) is 1. The Kier molecular flexibility index (Phi) is 7.95. The average Bonchev–Trinajstić information content (AvgIpc) is 2.51. The molecule has 0 unspecified atom stereocenters. The molecule has 0 aliphatic heterocycles. The number of rotatable bonds is 4. The second-order valence-electron chi connectivity index (χ2n) is 5.19. The van der Waals surface area contributed by atoms with Crippen LogP contribution in [0.3, 0.4) is 0 Å². The van der Waals surface area contributed by atoms with Gasteiger partial charge in [0.25, 0.3) is 0 Å². The van der Waals surface area contributed by atoms with Gasteiger partial charge in [-0.05, 0) is 30.5 Å². The van der Waals surface area contributed by atoms with Gasteiger partial charge in [-0.25, -0.2) is 0 Å². The maximum absolute atomic E-state index is 4.26. The van der Waals surface area contributed by atoms with Crippen LogP contribution in [-0.2, 0) is 13.1 Å². The second kappa shape index (κ2) is 9.46. The SMILES string of the molecule is CN=C(NCc1ccc(C)cc1)NCc1ccccc1C.I. The van der Waals surface area contributed by atoms with Crippen molar-refractivity contribution in [2.45, 2.75) is 26.9 Å². The lowest BCUT2D eigenvalue weighted by Crippen LogP contribution is -2.36. The molecule has 0 radical (unpaired) electrons. The van der Waals surface area contributed by atoms with E-state index in [2.05, 4.69) is 78.0 Å². The van der Waals surface area contributed by atoms with Crippen LogP contribution in [0.25, 0.3) is 0 Å². The van der Waals surface area contributed by atoms with Crippen molar-refractivity contribution in [3.8, 4) is 0 Å². The number of guanidine groups is 1. The summed E-state index contributed by atoms with van der Waals surface area (Å²) in [5.74, 6) is 0.818. The van der Waals surface area contributed by atoms with Gasteiger partial charge in [0.15, 0.2) is 5.96 Å². The van der Waals surface area contributed by atoms with E-state index in [-0.39, 0.29) is 24.0 Å². The van der Waals surface area contributed by atoms with Crippen LogP contribution in [0.4, 0.5) is 0 Å². The summed E-state index contributed by atoms with van der Waals surface area (Å²) >= 11 is 0. The number of hydrogen-bond donors (Lipinski definition) is 2. The fraction of sp³-hybridized carbons (Fsp3) is 0.278. The number of halogens is 1. The van der Waals surface area contributed by atoms with Crippen molar-refractivity contribution >= 4 is 29.9 Å². The molecule has 2 rings (SSSR count). The number of benzene rings is 2. The molecular weight excluding hydrogens is 385 g/mol. The lowest BCUT2D eigenvalue weighted by Gasteiger charge is -2.13. The Morgan fingerprint density at radius 1 is 0.909 bits per heavy atom. The molecule has 0 atom stereocenters. The highest BCUT2D eigenvalue weighted by molar-refractivity contribution is 14.0. The summed E-state index contributed by atoms with van der Waals surface area (Å²) in [6.07, 6.45) is 0. The van der Waals surface area contributed by atoms with E-state index >= 15 is 0 Å². The van der Waals surface area contributed by atoms with Crippen molar-refractivity contribution in [2.75, 3.05) is 7.05 Å². The summed E-state index contributed by atoms with van der Waals surface area (Å²) in [6, 6.07) is 16.9. The van der Waals surface area contributed by atoms with Crippen LogP contribution in [0.2, 0.25) is 0 Å². The summed E-state index contributed by atoms with van der Waals surface area (Å²) in [6.45, 7) is 5.77. The summed E-state index contributed by atoms with van der Waals surface area (Å²) < 4.78 is 0. The Morgan fingerprint density at radius 3 is 2.18 bits per heavy atom. The van der Waals surface area contributed by atoms with E-state index in [1.807, 2.05) is 0 Å². The molecule has 22 heavy (non-hydrogen) atoms. The Morgan fingerprint density at radius 2 is 1.55 bits per heavy atom. The minimum Gasteiger partial charge on any atom is -0.352 e. The molecule has 0 aromatic heterocycles. The average molecular weight is 409 g/mol. The van der Waals surface area contributed by atoms with Crippen molar-refractivity contribution in [1.29, 1.82) is 0 Å². The Bertz CT molecular complexity index is 606. The molecule has 0 aliphatic rings. The number of aryl methyl sites for hydroxylation is 2. The third kappa shape index (κ3) is 5.67. The Balaban J connectivity index is 0.00000242. The molecule has 0 fully saturated rings. The predicted octanol–water partition coefficient (Wildman–Crippen LogP) is 3.79. The van der Waals surface area contributed by atoms with Gasteiger partial charge in [-0.3, -0.25) is 4.99 Å². The molecule has 0 heterocycles. The first-order valence-electron chi connectivity index (χ1n) is 7.23. The van der Waals surface area contributed by atoms with Gasteiger partial charge < -0.3 is 10.6 Å². The first kappa shape index (κ1) is 18.5. The predicted molar refractivity (Wildman–Crippen MR) is 105 cm³/mol. The largest absolute Gasteiger partial charge is 0.352 e. The lowest BCUT2D eigenvalue weighted by atomic mass is 10.1. The monoisotopic (exact) mass is 409 g/mol. The standard InChI is InChI=1S/C18H23N3.HI/c1-14-8-10-16(11-9-14)12-20-18(19-3)21-13-17-7-5-4-6-15(17)2;/h4-11H,12-13H2,1-3H3,(H2,19,20,21);1H. The van der Waals surface area contributed by atoms with Gasteiger partial charge in [0.2, 0.25) is 0 Å². The van der Waals surface area contributed by atoms with E-state index in [0.717, 1.165) is 19.0 Å². The van der Waals surface area contributed by atoms with Crippen LogP contribution in [0.1, 0.15) is 22.3 Å². The molecule has 2 N–H and O–H groups in total. The topological polar surface area (TPSA) is 36.4 Å². The van der Waals surface area contributed by atoms with Gasteiger partial charge in [0, 0.05) is 20.1 Å². The van der Waals surface area contributed by atoms with Crippen LogP contribution in [0.5, 0.6) is 0 Å². The van der Waals surface area contributed by atoms with Crippen molar-refractivity contribution < 1.29 is 0 Å². The van der Waals surface area contributed by atoms with Gasteiger partial charge in [-0.2, -0.15) is 0 Å². The quantitative estimate of drug-likeness (QED) is 0.458. The van der Waals surface area contributed by atoms with E-state index < -0.39 is 0 Å². The third-order valence-electron chi connectivity index (χ3n) is 3.51. The van der Waals surface area contributed by atoms with Gasteiger partial charge >= 0.3 is 0 Å². The van der Waals surface area contributed by atoms with Crippen molar-refractivity contribution in [3.05, 3.63) is 70.8 Å². The maximum atomic E-state index is 4.26. The molecule has 118 valence electrons. The summed E-state index contributed by atoms with van der Waals surface area (Å²) in [5, 5.41) is 6.68. The first-order valence-corrected chi connectivity index (χ1v) is 7.23. The van der Waals surface area contributed by atoms with Crippen molar-refractivity contribution in [2.24, 2.45) is 4.99 Å². The zero-order chi connectivity index (χ0) is 15.1. The van der Waals surface area contributed by atoms with Crippen LogP contribution in [-0.4, -0.2) is 13.0 Å². The third-order valence-corrected chi connectivity index (χ3v) is 3.51. The van der Waals surface area contributed by atoms with Crippen LogP contribution >= 0.6 is 24.0 Å². The van der Waals surface area contributed by atoms with Crippen molar-refractivity contribution in [3.63, 3.8) is 0 Å². The second-order valence-corrected chi connectivity index (χ2v) is 5.19. The van der Waals surface area contributed by atoms with Gasteiger partial charge in [-0.1, -0.05) is 54.1 Å². The molecular formula is C18H24IN3. The fourth-order valence-electron chi connectivity index (χ4n) is 2.10. The highest BCUT2D eigenvalue weighted by Crippen LogP contribution is 2.06. The zero-order valence-electron chi connectivity index (χ0n) is 13.4. The minimum absolute atomic E-state index is 0. The molecule has 0 aliphatic carbocycles. The van der Waals surface area contributed by atoms with E-state index in [9.17, 15) is 0 Å².